The van der Waals surface area contributed by atoms with Crippen LogP contribution in [0.4, 0.5) is 0 Å². The molecule has 1 fully saturated rings. The molecule has 0 radical (unpaired) electrons. The molecule has 276 valence electrons. The first-order valence-electron chi connectivity index (χ1n) is 18.5. The van der Waals surface area contributed by atoms with Crippen molar-refractivity contribution in [2.45, 2.75) is 59.4 Å². The first-order valence-corrected chi connectivity index (χ1v) is 19.7. The number of rotatable bonds is 16. The number of nitrogens with zero attached hydrogens (tertiary/aromatic N) is 4. The minimum absolute atomic E-state index is 0.232. The third-order valence-electron chi connectivity index (χ3n) is 9.84. The molecule has 54 heavy (non-hydrogen) atoms. The van der Waals surface area contributed by atoms with E-state index in [0.29, 0.717) is 48.4 Å². The molecule has 0 atom stereocenters. The fraction of sp³-hybridized carbons (Fsp3) is 0.295. The third-order valence-corrected chi connectivity index (χ3v) is 11.2. The minimum Gasteiger partial charge on any atom is -0.493 e. The van der Waals surface area contributed by atoms with Gasteiger partial charge in [-0.2, -0.15) is 5.26 Å². The van der Waals surface area contributed by atoms with Crippen LogP contribution in [0.2, 0.25) is 5.02 Å². The summed E-state index contributed by atoms with van der Waals surface area (Å²) in [4.78, 5) is 11.5. The maximum absolute atomic E-state index is 9.37. The number of ether oxygens (including phenoxy) is 3. The van der Waals surface area contributed by atoms with Crippen LogP contribution in [0.15, 0.2) is 91.3 Å². The maximum Gasteiger partial charge on any atom is 0.142 e. The summed E-state index contributed by atoms with van der Waals surface area (Å²) < 4.78 is 20.2. The monoisotopic (exact) mass is 757 g/mol. The fourth-order valence-electron chi connectivity index (χ4n) is 6.87. The van der Waals surface area contributed by atoms with Crippen molar-refractivity contribution in [2.24, 2.45) is 0 Å². The van der Waals surface area contributed by atoms with Crippen molar-refractivity contribution in [1.82, 2.24) is 20.2 Å². The molecule has 1 aliphatic rings. The van der Waals surface area contributed by atoms with Crippen LogP contribution in [-0.2, 0) is 26.3 Å². The smallest absolute Gasteiger partial charge is 0.142 e. The summed E-state index contributed by atoms with van der Waals surface area (Å²) in [5.74, 6) is 2.08. The number of pyridine rings is 1. The Morgan fingerprint density at radius 2 is 1.61 bits per heavy atom. The van der Waals surface area contributed by atoms with Crippen LogP contribution in [0, 0.1) is 25.2 Å². The van der Waals surface area contributed by atoms with Gasteiger partial charge in [0.25, 0.3) is 0 Å². The predicted octanol–water partition coefficient (Wildman–Crippen LogP) is 9.81. The van der Waals surface area contributed by atoms with Crippen LogP contribution in [-0.4, -0.2) is 41.1 Å². The quantitative estimate of drug-likeness (QED) is 0.0976. The molecule has 0 aliphatic carbocycles. The Labute approximate surface area is 326 Å². The van der Waals surface area contributed by atoms with Gasteiger partial charge in [-0.05, 0) is 104 Å². The van der Waals surface area contributed by atoms with Gasteiger partial charge in [0, 0.05) is 49.2 Å². The summed E-state index contributed by atoms with van der Waals surface area (Å²) >= 11 is 8.56. The summed E-state index contributed by atoms with van der Waals surface area (Å²) in [5.41, 5.74) is 8.78. The van der Waals surface area contributed by atoms with Crippen molar-refractivity contribution >= 4 is 33.2 Å². The molecule has 10 heteroatoms. The highest BCUT2D eigenvalue weighted by Gasteiger charge is 2.16. The summed E-state index contributed by atoms with van der Waals surface area (Å²) in [6.07, 6.45) is 6.88. The van der Waals surface area contributed by atoms with E-state index in [9.17, 15) is 5.26 Å². The van der Waals surface area contributed by atoms with Crippen LogP contribution in [0.1, 0.15) is 57.7 Å². The molecule has 0 unspecified atom stereocenters. The number of benzene rings is 4. The molecule has 3 heterocycles. The molecule has 1 saturated heterocycles. The summed E-state index contributed by atoms with van der Waals surface area (Å²) in [6.45, 7) is 10.2. The van der Waals surface area contributed by atoms with Gasteiger partial charge >= 0.3 is 0 Å². The Kier molecular flexibility index (Phi) is 12.4. The van der Waals surface area contributed by atoms with E-state index >= 15 is 0 Å². The van der Waals surface area contributed by atoms with Gasteiger partial charge in [-0.15, -0.1) is 11.3 Å². The Bertz CT molecular complexity index is 2230. The van der Waals surface area contributed by atoms with Crippen molar-refractivity contribution in [1.29, 1.82) is 5.26 Å². The molecule has 0 amide bonds. The molecule has 0 bridgehead atoms. The second-order valence-electron chi connectivity index (χ2n) is 13.6. The number of halogens is 1. The molecule has 0 spiro atoms. The normalized spacial score (nSPS) is 12.9. The van der Waals surface area contributed by atoms with Crippen molar-refractivity contribution in [3.05, 3.63) is 135 Å². The number of thiazole rings is 1. The van der Waals surface area contributed by atoms with E-state index in [0.717, 1.165) is 72.9 Å². The lowest BCUT2D eigenvalue weighted by molar-refractivity contribution is 0.262. The molecule has 7 rings (SSSR count). The molecule has 1 N–H and O–H groups in total. The number of para-hydroxylation sites is 1. The highest BCUT2D eigenvalue weighted by molar-refractivity contribution is 7.18. The van der Waals surface area contributed by atoms with Gasteiger partial charge in [0.15, 0.2) is 0 Å². The molecule has 6 aromatic rings. The first kappa shape index (κ1) is 37.3. The Balaban J connectivity index is 1.05. The van der Waals surface area contributed by atoms with E-state index in [1.54, 1.807) is 23.6 Å². The van der Waals surface area contributed by atoms with Gasteiger partial charge in [-0.1, -0.05) is 54.1 Å². The lowest BCUT2D eigenvalue weighted by Gasteiger charge is -2.18. The van der Waals surface area contributed by atoms with Crippen molar-refractivity contribution in [3.8, 4) is 34.4 Å². The first-order chi connectivity index (χ1) is 26.4. The molecule has 2 aromatic heterocycles. The van der Waals surface area contributed by atoms with E-state index < -0.39 is 0 Å². The van der Waals surface area contributed by atoms with Crippen molar-refractivity contribution in [2.75, 3.05) is 26.2 Å². The zero-order valence-corrected chi connectivity index (χ0v) is 32.3. The van der Waals surface area contributed by atoms with Crippen LogP contribution < -0.4 is 19.5 Å². The van der Waals surface area contributed by atoms with Gasteiger partial charge in [-0.25, -0.2) is 4.98 Å². The highest BCUT2D eigenvalue weighted by atomic mass is 35.5. The average molecular weight is 758 g/mol. The predicted molar refractivity (Wildman–Crippen MR) is 216 cm³/mol. The maximum atomic E-state index is 9.37. The van der Waals surface area contributed by atoms with Gasteiger partial charge in [-0.3, -0.25) is 4.98 Å². The van der Waals surface area contributed by atoms with E-state index in [2.05, 4.69) is 77.6 Å². The number of aromatic nitrogens is 2. The Morgan fingerprint density at radius 3 is 2.44 bits per heavy atom. The fourth-order valence-corrected chi connectivity index (χ4v) is 8.05. The second-order valence-corrected chi connectivity index (χ2v) is 15.1. The minimum atomic E-state index is 0.232. The zero-order chi connectivity index (χ0) is 37.3. The molecule has 4 aromatic carbocycles. The van der Waals surface area contributed by atoms with Gasteiger partial charge < -0.3 is 24.4 Å². The SMILES string of the molecule is Cc1c(COc2cc(OCc3cncc(C#N)c3)c(CNCc3nc4ccccc4s3)cc2Cl)cccc1-c1cccc(OCCCN2CCCC2)c1C. The summed E-state index contributed by atoms with van der Waals surface area (Å²) in [5, 5.41) is 14.4. The number of likely N-dealkylation sites (tertiary alicyclic amines) is 1. The van der Waals surface area contributed by atoms with Crippen LogP contribution in [0.3, 0.4) is 0 Å². The number of fused-ring (bicyclic) bond motifs is 1. The van der Waals surface area contributed by atoms with E-state index in [1.807, 2.05) is 30.3 Å². The average Bonchev–Trinajstić information content (AvgIpc) is 3.87. The lowest BCUT2D eigenvalue weighted by atomic mass is 9.93. The Morgan fingerprint density at radius 1 is 0.815 bits per heavy atom. The van der Waals surface area contributed by atoms with Crippen LogP contribution in [0.5, 0.6) is 17.2 Å². The van der Waals surface area contributed by atoms with Gasteiger partial charge in [0.05, 0.1) is 27.4 Å². The summed E-state index contributed by atoms with van der Waals surface area (Å²) in [7, 11) is 0. The summed E-state index contributed by atoms with van der Waals surface area (Å²) in [6, 6.07) is 28.4. The van der Waals surface area contributed by atoms with Gasteiger partial charge in [0.1, 0.15) is 41.5 Å². The molecule has 0 saturated carbocycles. The third kappa shape index (κ3) is 9.20. The number of hydrogen-bond acceptors (Lipinski definition) is 9. The van der Waals surface area contributed by atoms with Crippen LogP contribution >= 0.6 is 22.9 Å². The topological polar surface area (TPSA) is 92.5 Å². The molecular weight excluding hydrogens is 714 g/mol. The van der Waals surface area contributed by atoms with Crippen molar-refractivity contribution in [3.63, 3.8) is 0 Å². The lowest BCUT2D eigenvalue weighted by Crippen LogP contribution is -2.22. The van der Waals surface area contributed by atoms with E-state index in [4.69, 9.17) is 30.8 Å². The van der Waals surface area contributed by atoms with E-state index in [-0.39, 0.29) is 6.61 Å². The molecular formula is C44H44ClN5O3S. The highest BCUT2D eigenvalue weighted by Crippen LogP contribution is 2.36. The van der Waals surface area contributed by atoms with E-state index in [1.165, 1.54) is 32.1 Å². The Hall–Kier alpha value is -4.98. The molecule has 8 nitrogen and oxygen atoms in total. The number of nitriles is 1. The second kappa shape index (κ2) is 17.9. The number of nitrogens with one attached hydrogen (secondary N) is 1. The van der Waals surface area contributed by atoms with Crippen molar-refractivity contribution < 1.29 is 14.2 Å². The molecule has 1 aliphatic heterocycles. The van der Waals surface area contributed by atoms with Crippen LogP contribution in [0.25, 0.3) is 21.3 Å². The standard InChI is InChI=1S/C44H44ClN5O3S/c1-30-34(10-7-11-36(30)37-12-8-14-40(31(37)2)51-19-9-18-50-16-5-6-17-50)29-53-42-22-41(52-28-33-20-32(23-46)24-47-25-33)35(21-38(42)45)26-48-27-44-49-39-13-3-4-15-43(39)54-44/h3-4,7-8,10-15,20-22,24-25,48H,5-6,9,16-19,26-29H2,1-2H3. The largest absolute Gasteiger partial charge is 0.493 e. The van der Waals surface area contributed by atoms with Gasteiger partial charge in [0.2, 0.25) is 0 Å². The zero-order valence-electron chi connectivity index (χ0n) is 30.7. The number of hydrogen-bond donors (Lipinski definition) is 1.